The van der Waals surface area contributed by atoms with Crippen LogP contribution in [0, 0.1) is 0 Å². The third-order valence-electron chi connectivity index (χ3n) is 7.88. The highest BCUT2D eigenvalue weighted by Gasteiger charge is 2.30. The molecule has 43 heavy (non-hydrogen) atoms. The summed E-state index contributed by atoms with van der Waals surface area (Å²) >= 11 is 0. The number of hydrogen-bond acceptors (Lipinski definition) is 5. The van der Waals surface area contributed by atoms with Crippen LogP contribution in [0.3, 0.4) is 0 Å². The largest absolute Gasteiger partial charge is 0.507 e. The smallest absolute Gasteiger partial charge is 0.258 e. The van der Waals surface area contributed by atoms with E-state index in [-0.39, 0.29) is 28.3 Å². The van der Waals surface area contributed by atoms with Crippen molar-refractivity contribution in [1.82, 2.24) is 14.3 Å². The Kier molecular flexibility index (Phi) is 7.52. The summed E-state index contributed by atoms with van der Waals surface area (Å²) in [5, 5.41) is 13.2. The molecule has 2 heterocycles. The summed E-state index contributed by atoms with van der Waals surface area (Å²) in [5.41, 5.74) is 3.60. The zero-order chi connectivity index (χ0) is 30.1. The van der Waals surface area contributed by atoms with Gasteiger partial charge in [-0.1, -0.05) is 60.7 Å². The second-order valence-corrected chi connectivity index (χ2v) is 12.1. The minimum atomic E-state index is -3.73. The van der Waals surface area contributed by atoms with Gasteiger partial charge in [0.1, 0.15) is 11.5 Å². The van der Waals surface area contributed by atoms with E-state index in [1.165, 1.54) is 0 Å². The Morgan fingerprint density at radius 2 is 1.60 bits per heavy atom. The normalized spacial score (nSPS) is 12.5. The number of aryl methyl sites for hydroxylation is 1. The number of nitrogens with one attached hydrogen (secondary N) is 2. The van der Waals surface area contributed by atoms with Crippen molar-refractivity contribution in [1.29, 1.82) is 0 Å². The average molecular weight is 594 g/mol. The van der Waals surface area contributed by atoms with Crippen LogP contribution >= 0.6 is 0 Å². The summed E-state index contributed by atoms with van der Waals surface area (Å²) in [6.45, 7) is 0.124. The van der Waals surface area contributed by atoms with Gasteiger partial charge in [-0.15, -0.1) is 0 Å². The number of ether oxygens (including phenoxy) is 1. The van der Waals surface area contributed by atoms with Crippen molar-refractivity contribution in [3.63, 3.8) is 0 Å². The summed E-state index contributed by atoms with van der Waals surface area (Å²) in [6, 6.07) is 30.6. The Balaban J connectivity index is 1.54. The molecule has 3 N–H and O–H groups in total. The number of rotatable bonds is 9. The van der Waals surface area contributed by atoms with E-state index in [1.54, 1.807) is 61.2 Å². The average Bonchev–Trinajstić information content (AvgIpc) is 3.40. The fourth-order valence-electron chi connectivity index (χ4n) is 5.79. The van der Waals surface area contributed by atoms with E-state index >= 15 is 0 Å². The predicted molar refractivity (Wildman–Crippen MR) is 168 cm³/mol. The number of benzene rings is 4. The quantitative estimate of drug-likeness (QED) is 0.207. The van der Waals surface area contributed by atoms with Gasteiger partial charge in [0.05, 0.1) is 29.0 Å². The zero-order valence-electron chi connectivity index (χ0n) is 23.7. The van der Waals surface area contributed by atoms with Crippen LogP contribution in [-0.4, -0.2) is 36.7 Å². The van der Waals surface area contributed by atoms with E-state index in [0.717, 1.165) is 22.0 Å². The lowest BCUT2D eigenvalue weighted by molar-refractivity contribution is 0.414. The van der Waals surface area contributed by atoms with Gasteiger partial charge in [0.15, 0.2) is 0 Å². The van der Waals surface area contributed by atoms with Crippen molar-refractivity contribution in [3.8, 4) is 11.5 Å². The number of para-hydroxylation sites is 2. The van der Waals surface area contributed by atoms with Gasteiger partial charge in [0.25, 0.3) is 5.56 Å². The zero-order valence-corrected chi connectivity index (χ0v) is 24.6. The van der Waals surface area contributed by atoms with Crippen LogP contribution in [0.1, 0.15) is 28.3 Å². The molecule has 9 heteroatoms. The summed E-state index contributed by atoms with van der Waals surface area (Å²) in [4.78, 5) is 17.8. The SMILES string of the molecule is COc1cccc(C(c2[nH]c3ccccc3c2CCNS(=O)(=O)c2ccccc2)c2c(O)c3ccccc3n(C)c2=O)c1. The van der Waals surface area contributed by atoms with Gasteiger partial charge in [0, 0.05) is 35.6 Å². The highest BCUT2D eigenvalue weighted by atomic mass is 32.2. The lowest BCUT2D eigenvalue weighted by atomic mass is 9.85. The van der Waals surface area contributed by atoms with Gasteiger partial charge in [0.2, 0.25) is 10.0 Å². The van der Waals surface area contributed by atoms with Crippen molar-refractivity contribution in [3.05, 3.63) is 136 Å². The molecular formula is C34H31N3O5S. The molecule has 2 aromatic heterocycles. The summed E-state index contributed by atoms with van der Waals surface area (Å²) in [7, 11) is -0.454. The Labute approximate surface area is 249 Å². The molecule has 1 unspecified atom stereocenters. The standard InChI is InChI=1S/C34H31N3O5S/c1-37-29-18-9-7-16-27(29)33(38)31(34(37)39)30(22-11-10-12-23(21-22)42-2)32-26(25-15-6-8-17-28(25)36-32)19-20-35-43(40,41)24-13-4-3-5-14-24/h3-18,21,30,35-36,38H,19-20H2,1-2H3. The van der Waals surface area contributed by atoms with Crippen molar-refractivity contribution < 1.29 is 18.3 Å². The molecule has 218 valence electrons. The molecule has 0 saturated heterocycles. The number of hydrogen-bond donors (Lipinski definition) is 3. The lowest BCUT2D eigenvalue weighted by Crippen LogP contribution is -2.27. The van der Waals surface area contributed by atoms with Crippen LogP contribution in [0.15, 0.2) is 113 Å². The van der Waals surface area contributed by atoms with E-state index in [2.05, 4.69) is 9.71 Å². The van der Waals surface area contributed by atoms with Gasteiger partial charge in [-0.25, -0.2) is 13.1 Å². The van der Waals surface area contributed by atoms with Crippen molar-refractivity contribution >= 4 is 31.8 Å². The number of methoxy groups -OCH3 is 1. The maximum atomic E-state index is 14.0. The molecule has 0 fully saturated rings. The van der Waals surface area contributed by atoms with Gasteiger partial charge in [-0.2, -0.15) is 0 Å². The molecule has 0 aliphatic rings. The molecular weight excluding hydrogens is 562 g/mol. The summed E-state index contributed by atoms with van der Waals surface area (Å²) < 4.78 is 35.8. The number of H-pyrrole nitrogens is 1. The van der Waals surface area contributed by atoms with Gasteiger partial charge < -0.3 is 19.4 Å². The number of nitrogens with zero attached hydrogens (tertiary/aromatic N) is 1. The van der Waals surface area contributed by atoms with Crippen LogP contribution in [0.5, 0.6) is 11.5 Å². The number of pyridine rings is 1. The van der Waals surface area contributed by atoms with E-state index < -0.39 is 15.9 Å². The molecule has 0 aliphatic heterocycles. The second-order valence-electron chi connectivity index (χ2n) is 10.4. The number of aromatic nitrogens is 2. The van der Waals surface area contributed by atoms with Gasteiger partial charge >= 0.3 is 0 Å². The van der Waals surface area contributed by atoms with Crippen molar-refractivity contribution in [2.24, 2.45) is 7.05 Å². The van der Waals surface area contributed by atoms with Crippen LogP contribution in [-0.2, 0) is 23.5 Å². The maximum Gasteiger partial charge on any atom is 0.258 e. The fourth-order valence-corrected chi connectivity index (χ4v) is 6.84. The van der Waals surface area contributed by atoms with Crippen molar-refractivity contribution in [2.45, 2.75) is 17.2 Å². The molecule has 6 aromatic rings. The number of aromatic amines is 1. The third kappa shape index (κ3) is 5.17. The molecule has 0 saturated carbocycles. The van der Waals surface area contributed by atoms with Crippen LogP contribution < -0.4 is 15.0 Å². The first-order valence-electron chi connectivity index (χ1n) is 13.9. The first-order chi connectivity index (χ1) is 20.8. The number of aromatic hydroxyl groups is 1. The summed E-state index contributed by atoms with van der Waals surface area (Å²) in [5.74, 6) is -0.208. The Hall–Kier alpha value is -4.86. The molecule has 4 aromatic carbocycles. The van der Waals surface area contributed by atoms with Gasteiger partial charge in [-0.3, -0.25) is 4.79 Å². The lowest BCUT2D eigenvalue weighted by Gasteiger charge is -2.22. The van der Waals surface area contributed by atoms with E-state index in [9.17, 15) is 18.3 Å². The van der Waals surface area contributed by atoms with Crippen LogP contribution in [0.25, 0.3) is 21.8 Å². The monoisotopic (exact) mass is 593 g/mol. The maximum absolute atomic E-state index is 14.0. The van der Waals surface area contributed by atoms with E-state index in [4.69, 9.17) is 4.74 Å². The Morgan fingerprint density at radius 1 is 0.907 bits per heavy atom. The third-order valence-corrected chi connectivity index (χ3v) is 9.36. The minimum absolute atomic E-state index is 0.0964. The predicted octanol–water partition coefficient (Wildman–Crippen LogP) is 5.44. The first kappa shape index (κ1) is 28.3. The van der Waals surface area contributed by atoms with Gasteiger partial charge in [-0.05, 0) is 60.0 Å². The molecule has 6 rings (SSSR count). The van der Waals surface area contributed by atoms with Crippen molar-refractivity contribution in [2.75, 3.05) is 13.7 Å². The molecule has 0 amide bonds. The Morgan fingerprint density at radius 3 is 2.37 bits per heavy atom. The fraction of sp³-hybridized carbons (Fsp3) is 0.147. The van der Waals surface area contributed by atoms with Crippen LogP contribution in [0.4, 0.5) is 0 Å². The molecule has 0 aliphatic carbocycles. The Bertz CT molecular complexity index is 2120. The highest BCUT2D eigenvalue weighted by molar-refractivity contribution is 7.89. The molecule has 8 nitrogen and oxygen atoms in total. The number of sulfonamides is 1. The molecule has 0 radical (unpaired) electrons. The first-order valence-corrected chi connectivity index (χ1v) is 15.4. The molecule has 1 atom stereocenters. The van der Waals surface area contributed by atoms with E-state index in [1.807, 2.05) is 60.7 Å². The highest BCUT2D eigenvalue weighted by Crippen LogP contribution is 2.41. The molecule has 0 bridgehead atoms. The van der Waals surface area contributed by atoms with Crippen LogP contribution in [0.2, 0.25) is 0 Å². The number of fused-ring (bicyclic) bond motifs is 2. The topological polar surface area (TPSA) is 113 Å². The molecule has 0 spiro atoms. The second kappa shape index (κ2) is 11.4. The summed E-state index contributed by atoms with van der Waals surface area (Å²) in [6.07, 6.45) is 0.334. The minimum Gasteiger partial charge on any atom is -0.507 e. The van der Waals surface area contributed by atoms with E-state index in [0.29, 0.717) is 28.8 Å².